The van der Waals surface area contributed by atoms with Gasteiger partial charge in [-0.1, -0.05) is 18.2 Å². The Labute approximate surface area is 189 Å². The van der Waals surface area contributed by atoms with E-state index < -0.39 is 20.9 Å². The maximum Gasteiger partial charge on any atom is 0.280 e. The van der Waals surface area contributed by atoms with Crippen LogP contribution in [0.1, 0.15) is 11.1 Å². The second kappa shape index (κ2) is 9.57. The Morgan fingerprint density at radius 3 is 2.58 bits per heavy atom. The fourth-order valence-corrected chi connectivity index (χ4v) is 5.10. The molecule has 1 N–H and O–H groups in total. The molecule has 1 saturated heterocycles. The number of hydrogen-bond acceptors (Lipinski definition) is 8. The first-order valence-corrected chi connectivity index (χ1v) is 11.5. The lowest BCUT2D eigenvalue weighted by Crippen LogP contribution is -2.41. The molecule has 1 fully saturated rings. The Balaban J connectivity index is 1.47. The number of sulfonamides is 1. The zero-order valence-corrected chi connectivity index (χ0v) is 18.2. The molecule has 0 bridgehead atoms. The number of nitro benzene ring substituents is 1. The predicted molar refractivity (Wildman–Crippen MR) is 116 cm³/mol. The van der Waals surface area contributed by atoms with Gasteiger partial charge in [-0.2, -0.15) is 4.31 Å². The molecule has 1 amide bonds. The molecule has 0 radical (unpaired) electrons. The number of amides is 1. The van der Waals surface area contributed by atoms with Crippen LogP contribution in [0.5, 0.6) is 11.5 Å². The van der Waals surface area contributed by atoms with Crippen molar-refractivity contribution < 1.29 is 32.3 Å². The highest BCUT2D eigenvalue weighted by molar-refractivity contribution is 7.89. The van der Waals surface area contributed by atoms with Crippen LogP contribution in [0.2, 0.25) is 0 Å². The molecule has 4 rings (SSSR count). The van der Waals surface area contributed by atoms with E-state index in [1.54, 1.807) is 18.2 Å². The molecule has 12 heteroatoms. The number of rotatable bonds is 7. The first kappa shape index (κ1) is 22.7. The number of fused-ring (bicyclic) bond motifs is 1. The molecule has 2 aliphatic rings. The number of carbonyl (C=O) groups excluding carboxylic acids is 1. The fourth-order valence-electron chi connectivity index (χ4n) is 3.47. The van der Waals surface area contributed by atoms with E-state index in [0.29, 0.717) is 24.5 Å². The highest BCUT2D eigenvalue weighted by Gasteiger charge is 2.28. The minimum absolute atomic E-state index is 0.0348. The van der Waals surface area contributed by atoms with Crippen LogP contribution in [0.25, 0.3) is 6.08 Å². The second-order valence-electron chi connectivity index (χ2n) is 7.20. The topological polar surface area (TPSA) is 137 Å². The first-order valence-electron chi connectivity index (χ1n) is 10.1. The van der Waals surface area contributed by atoms with Crippen LogP contribution in [-0.4, -0.2) is 56.6 Å². The molecular formula is C21H21N3O8S. The Kier molecular flexibility index (Phi) is 6.58. The fraction of sp³-hybridized carbons (Fsp3) is 0.286. The molecule has 2 heterocycles. The maximum atomic E-state index is 13.0. The first-order chi connectivity index (χ1) is 15.9. The molecule has 2 aliphatic heterocycles. The highest BCUT2D eigenvalue weighted by Crippen LogP contribution is 2.38. The van der Waals surface area contributed by atoms with Crippen molar-refractivity contribution >= 4 is 27.7 Å². The normalized spacial score (nSPS) is 16.1. The molecule has 0 saturated carbocycles. The van der Waals surface area contributed by atoms with Crippen LogP contribution >= 0.6 is 0 Å². The van der Waals surface area contributed by atoms with Crippen molar-refractivity contribution in [2.75, 3.05) is 33.1 Å². The zero-order valence-electron chi connectivity index (χ0n) is 17.4. The quantitative estimate of drug-likeness (QED) is 0.363. The summed E-state index contributed by atoms with van der Waals surface area (Å²) in [5, 5.41) is 14.0. The summed E-state index contributed by atoms with van der Waals surface area (Å²) < 4.78 is 43.0. The number of benzene rings is 2. The highest BCUT2D eigenvalue weighted by atomic mass is 32.2. The second-order valence-corrected chi connectivity index (χ2v) is 9.10. The Morgan fingerprint density at radius 2 is 1.85 bits per heavy atom. The minimum atomic E-state index is -3.73. The molecule has 0 unspecified atom stereocenters. The largest absolute Gasteiger partial charge is 0.454 e. The Hall–Kier alpha value is -3.48. The number of nitrogens with zero attached hydrogens (tertiary/aromatic N) is 2. The number of nitro groups is 1. The predicted octanol–water partition coefficient (Wildman–Crippen LogP) is 1.67. The third-order valence-corrected chi connectivity index (χ3v) is 7.15. The number of nitrogens with one attached hydrogen (secondary N) is 1. The summed E-state index contributed by atoms with van der Waals surface area (Å²) in [7, 11) is -3.73. The van der Waals surface area contributed by atoms with Crippen molar-refractivity contribution in [3.05, 3.63) is 63.7 Å². The summed E-state index contributed by atoms with van der Waals surface area (Å²) in [6.07, 6.45) is 2.44. The molecule has 0 atom stereocenters. The Morgan fingerprint density at radius 1 is 1.15 bits per heavy atom. The van der Waals surface area contributed by atoms with Gasteiger partial charge in [-0.15, -0.1) is 0 Å². The van der Waals surface area contributed by atoms with E-state index in [0.717, 1.165) is 6.08 Å². The molecule has 2 aromatic rings. The summed E-state index contributed by atoms with van der Waals surface area (Å²) in [6.45, 7) is 1.11. The number of ether oxygens (including phenoxy) is 3. The SMILES string of the molecule is O=C(/C=C/c1cc2c(cc1[N+](=O)[O-])OCO2)NCc1ccccc1S(=O)(=O)N1CCOCC1. The lowest BCUT2D eigenvalue weighted by molar-refractivity contribution is -0.385. The van der Waals surface area contributed by atoms with Crippen LogP contribution in [0, 0.1) is 10.1 Å². The van der Waals surface area contributed by atoms with E-state index in [9.17, 15) is 23.3 Å². The standard InChI is InChI=1S/C21H21N3O8S/c25-21(6-5-15-11-18-19(32-14-31-18)12-17(15)24(26)27)22-13-16-3-1-2-4-20(16)33(28,29)23-7-9-30-10-8-23/h1-6,11-12H,7-10,13-14H2,(H,22,25)/b6-5+. The van der Waals surface area contributed by atoms with Gasteiger partial charge >= 0.3 is 0 Å². The molecule has 33 heavy (non-hydrogen) atoms. The van der Waals surface area contributed by atoms with Gasteiger partial charge in [-0.05, 0) is 23.8 Å². The Bertz CT molecular complexity index is 1210. The van der Waals surface area contributed by atoms with Gasteiger partial charge in [-0.3, -0.25) is 14.9 Å². The summed E-state index contributed by atoms with van der Waals surface area (Å²) >= 11 is 0. The summed E-state index contributed by atoms with van der Waals surface area (Å²) in [6, 6.07) is 9.10. The third-order valence-electron chi connectivity index (χ3n) is 5.15. The average molecular weight is 475 g/mol. The molecule has 0 aliphatic carbocycles. The van der Waals surface area contributed by atoms with Gasteiger partial charge in [0.15, 0.2) is 11.5 Å². The molecule has 0 aromatic heterocycles. The van der Waals surface area contributed by atoms with Crippen molar-refractivity contribution in [2.45, 2.75) is 11.4 Å². The lowest BCUT2D eigenvalue weighted by atomic mass is 10.1. The third kappa shape index (κ3) is 4.97. The number of morpholine rings is 1. The van der Waals surface area contributed by atoms with Crippen LogP contribution in [0.3, 0.4) is 0 Å². The lowest BCUT2D eigenvalue weighted by Gasteiger charge is -2.27. The van der Waals surface area contributed by atoms with Crippen LogP contribution in [0.15, 0.2) is 47.4 Å². The van der Waals surface area contributed by atoms with Gasteiger partial charge in [0, 0.05) is 25.7 Å². The molecule has 11 nitrogen and oxygen atoms in total. The van der Waals surface area contributed by atoms with Crippen LogP contribution in [0.4, 0.5) is 5.69 Å². The van der Waals surface area contributed by atoms with Crippen LogP contribution in [-0.2, 0) is 26.1 Å². The van der Waals surface area contributed by atoms with E-state index >= 15 is 0 Å². The summed E-state index contributed by atoms with van der Waals surface area (Å²) in [5.41, 5.74) is 0.375. The summed E-state index contributed by atoms with van der Waals surface area (Å²) in [5.74, 6) is 0.0739. The molecule has 2 aromatic carbocycles. The van der Waals surface area contributed by atoms with Gasteiger partial charge in [0.05, 0.1) is 34.7 Å². The van der Waals surface area contributed by atoms with Crippen molar-refractivity contribution in [1.29, 1.82) is 0 Å². The van der Waals surface area contributed by atoms with E-state index in [-0.39, 0.29) is 48.3 Å². The van der Waals surface area contributed by atoms with Gasteiger partial charge in [-0.25, -0.2) is 8.42 Å². The van der Waals surface area contributed by atoms with E-state index in [4.69, 9.17) is 14.2 Å². The van der Waals surface area contributed by atoms with Crippen molar-refractivity contribution in [3.63, 3.8) is 0 Å². The van der Waals surface area contributed by atoms with E-state index in [1.807, 2.05) is 0 Å². The monoisotopic (exact) mass is 475 g/mol. The van der Waals surface area contributed by atoms with E-state index in [1.165, 1.54) is 28.6 Å². The zero-order chi connectivity index (χ0) is 23.4. The average Bonchev–Trinajstić information content (AvgIpc) is 3.29. The maximum absolute atomic E-state index is 13.0. The van der Waals surface area contributed by atoms with Crippen molar-refractivity contribution in [1.82, 2.24) is 9.62 Å². The molecular weight excluding hydrogens is 454 g/mol. The van der Waals surface area contributed by atoms with Gasteiger partial charge in [0.25, 0.3) is 5.69 Å². The van der Waals surface area contributed by atoms with E-state index in [2.05, 4.69) is 5.32 Å². The van der Waals surface area contributed by atoms with Gasteiger partial charge in [0.1, 0.15) is 0 Å². The van der Waals surface area contributed by atoms with Gasteiger partial charge in [0.2, 0.25) is 22.7 Å². The number of hydrogen-bond donors (Lipinski definition) is 1. The summed E-state index contributed by atoms with van der Waals surface area (Å²) in [4.78, 5) is 23.2. The van der Waals surface area contributed by atoms with Crippen LogP contribution < -0.4 is 14.8 Å². The molecule has 0 spiro atoms. The smallest absolute Gasteiger partial charge is 0.280 e. The van der Waals surface area contributed by atoms with Crippen molar-refractivity contribution in [3.8, 4) is 11.5 Å². The van der Waals surface area contributed by atoms with Crippen molar-refractivity contribution in [2.24, 2.45) is 0 Å². The molecule has 174 valence electrons. The minimum Gasteiger partial charge on any atom is -0.454 e. The van der Waals surface area contributed by atoms with Gasteiger partial charge < -0.3 is 19.5 Å². The number of carbonyl (C=O) groups is 1.